The minimum atomic E-state index is -1.70. The van der Waals surface area contributed by atoms with E-state index in [1.165, 1.54) is 34.2 Å². The lowest BCUT2D eigenvalue weighted by Crippen LogP contribution is -2.16. The molecule has 0 saturated heterocycles. The number of nitrogens with one attached hydrogen (secondary N) is 2. The van der Waals surface area contributed by atoms with Gasteiger partial charge < -0.3 is 15.4 Å². The number of aryl methyl sites for hydroxylation is 1. The summed E-state index contributed by atoms with van der Waals surface area (Å²) >= 11 is 0. The van der Waals surface area contributed by atoms with E-state index in [1.807, 2.05) is 0 Å². The summed E-state index contributed by atoms with van der Waals surface area (Å²) in [5.41, 5.74) is 0.611. The van der Waals surface area contributed by atoms with Gasteiger partial charge in [-0.25, -0.2) is 29.3 Å². The van der Waals surface area contributed by atoms with Crippen molar-refractivity contribution in [1.82, 2.24) is 24.9 Å². The van der Waals surface area contributed by atoms with Crippen LogP contribution in [0.4, 0.5) is 21.7 Å². The Morgan fingerprint density at radius 2 is 1.87 bits per heavy atom. The highest BCUT2D eigenvalue weighted by atomic mass is 19.1. The maximum Gasteiger partial charge on any atom is 0.222 e. The van der Waals surface area contributed by atoms with Crippen LogP contribution in [0.3, 0.4) is 0 Å². The molecule has 0 saturated carbocycles. The molecule has 1 amide bonds. The van der Waals surface area contributed by atoms with Crippen LogP contribution in [0.15, 0.2) is 30.7 Å². The number of carbonyl (C=O) groups excluding carboxylic acids is 1. The van der Waals surface area contributed by atoms with E-state index in [-0.39, 0.29) is 11.7 Å². The van der Waals surface area contributed by atoms with Crippen molar-refractivity contribution in [3.63, 3.8) is 0 Å². The van der Waals surface area contributed by atoms with Crippen LogP contribution >= 0.6 is 0 Å². The highest BCUT2D eigenvalue weighted by Crippen LogP contribution is 2.32. The first-order valence-corrected chi connectivity index (χ1v) is 9.12. The number of carbonyl (C=O) groups is 1. The number of aromatic nitrogens is 5. The molecule has 30 heavy (non-hydrogen) atoms. The largest absolute Gasteiger partial charge is 0.481 e. The second-order valence-corrected chi connectivity index (χ2v) is 7.06. The average Bonchev–Trinajstić information content (AvgIpc) is 2.66. The van der Waals surface area contributed by atoms with Crippen LogP contribution in [0.5, 0.6) is 5.88 Å². The molecule has 0 aliphatic heterocycles. The Morgan fingerprint density at radius 1 is 1.10 bits per heavy atom. The van der Waals surface area contributed by atoms with Gasteiger partial charge in [-0.1, -0.05) is 0 Å². The van der Waals surface area contributed by atoms with Crippen molar-refractivity contribution in [3.8, 4) is 17.1 Å². The van der Waals surface area contributed by atoms with E-state index in [0.717, 1.165) is 0 Å². The molecule has 0 aliphatic carbocycles. The number of anilines is 3. The van der Waals surface area contributed by atoms with Crippen molar-refractivity contribution < 1.29 is 13.9 Å². The van der Waals surface area contributed by atoms with Gasteiger partial charge in [0.05, 0.1) is 18.5 Å². The molecule has 3 aromatic rings. The fourth-order valence-corrected chi connectivity index (χ4v) is 2.65. The molecule has 10 heteroatoms. The van der Waals surface area contributed by atoms with Crippen molar-refractivity contribution in [3.05, 3.63) is 42.2 Å². The highest BCUT2D eigenvalue weighted by molar-refractivity contribution is 5.89. The number of methoxy groups -OCH3 is 1. The first kappa shape index (κ1) is 21.0. The first-order chi connectivity index (χ1) is 14.2. The molecular weight excluding hydrogens is 389 g/mol. The van der Waals surface area contributed by atoms with Gasteiger partial charge in [-0.3, -0.25) is 4.79 Å². The molecule has 3 rings (SSSR count). The number of amides is 1. The maximum absolute atomic E-state index is 14.4. The summed E-state index contributed by atoms with van der Waals surface area (Å²) in [6, 6.07) is 4.99. The zero-order valence-corrected chi connectivity index (χ0v) is 17.3. The monoisotopic (exact) mass is 411 g/mol. The van der Waals surface area contributed by atoms with E-state index in [2.05, 4.69) is 35.6 Å². The number of nitrogens with zero attached hydrogens (tertiary/aromatic N) is 5. The summed E-state index contributed by atoms with van der Waals surface area (Å²) in [5, 5.41) is 5.80. The maximum atomic E-state index is 14.4. The van der Waals surface area contributed by atoms with Crippen molar-refractivity contribution in [2.45, 2.75) is 33.4 Å². The number of hydrogen-bond acceptors (Lipinski definition) is 8. The van der Waals surface area contributed by atoms with Gasteiger partial charge in [0.25, 0.3) is 0 Å². The predicted molar refractivity (Wildman–Crippen MR) is 110 cm³/mol. The van der Waals surface area contributed by atoms with Gasteiger partial charge in [0, 0.05) is 42.6 Å². The van der Waals surface area contributed by atoms with Crippen LogP contribution < -0.4 is 15.4 Å². The third kappa shape index (κ3) is 5.02. The molecule has 0 bridgehead atoms. The molecule has 3 aromatic heterocycles. The quantitative estimate of drug-likeness (QED) is 0.633. The Balaban J connectivity index is 2.09. The van der Waals surface area contributed by atoms with E-state index in [4.69, 9.17) is 4.74 Å². The lowest BCUT2D eigenvalue weighted by molar-refractivity contribution is -0.114. The summed E-state index contributed by atoms with van der Waals surface area (Å²) < 4.78 is 19.6. The summed E-state index contributed by atoms with van der Waals surface area (Å²) in [4.78, 5) is 32.5. The van der Waals surface area contributed by atoms with Crippen LogP contribution in [-0.4, -0.2) is 37.9 Å². The van der Waals surface area contributed by atoms with Crippen LogP contribution in [0, 0.1) is 6.92 Å². The van der Waals surface area contributed by atoms with Gasteiger partial charge in [0.2, 0.25) is 11.8 Å². The van der Waals surface area contributed by atoms with Crippen LogP contribution in [0.25, 0.3) is 11.3 Å². The highest BCUT2D eigenvalue weighted by Gasteiger charge is 2.23. The number of alkyl halides is 1. The van der Waals surface area contributed by atoms with Gasteiger partial charge in [0.15, 0.2) is 11.5 Å². The number of rotatable bonds is 6. The molecule has 9 nitrogen and oxygen atoms in total. The Bertz CT molecular complexity index is 1080. The summed E-state index contributed by atoms with van der Waals surface area (Å²) in [5.74, 6) is 0.920. The third-order valence-electron chi connectivity index (χ3n) is 3.98. The van der Waals surface area contributed by atoms with Gasteiger partial charge in [-0.15, -0.1) is 0 Å². The minimum absolute atomic E-state index is 0.0615. The van der Waals surface area contributed by atoms with Gasteiger partial charge in [-0.05, 0) is 20.8 Å². The average molecular weight is 411 g/mol. The molecule has 0 aromatic carbocycles. The Hall–Kier alpha value is -3.69. The predicted octanol–water partition coefficient (Wildman–Crippen LogP) is 3.55. The molecule has 156 valence electrons. The Labute approximate surface area is 173 Å². The molecule has 0 radical (unpaired) electrons. The van der Waals surface area contributed by atoms with E-state index in [1.54, 1.807) is 31.3 Å². The SMILES string of the molecule is COc1cc(-c2cnc(NC(C)=O)cc2Nc2cc(C)nc(C(C)(C)F)n2)ncn1. The number of halogens is 1. The fourth-order valence-electron chi connectivity index (χ4n) is 2.65. The zero-order valence-electron chi connectivity index (χ0n) is 17.3. The summed E-state index contributed by atoms with van der Waals surface area (Å²) in [7, 11) is 1.51. The van der Waals surface area contributed by atoms with Crippen molar-refractivity contribution in [2.75, 3.05) is 17.7 Å². The normalized spacial score (nSPS) is 11.1. The van der Waals surface area contributed by atoms with Crippen LogP contribution in [0.2, 0.25) is 0 Å². The molecule has 2 N–H and O–H groups in total. The summed E-state index contributed by atoms with van der Waals surface area (Å²) in [6.07, 6.45) is 2.93. The molecule has 0 atom stereocenters. The minimum Gasteiger partial charge on any atom is -0.481 e. The van der Waals surface area contributed by atoms with Crippen molar-refractivity contribution in [1.29, 1.82) is 0 Å². The Kier molecular flexibility index (Phi) is 5.86. The van der Waals surface area contributed by atoms with E-state index >= 15 is 0 Å². The van der Waals surface area contributed by atoms with Crippen molar-refractivity contribution in [2.24, 2.45) is 0 Å². The third-order valence-corrected chi connectivity index (χ3v) is 3.98. The molecular formula is C20H22FN7O2. The lowest BCUT2D eigenvalue weighted by Gasteiger charge is -2.17. The lowest BCUT2D eigenvalue weighted by atomic mass is 10.1. The fraction of sp³-hybridized carbons (Fsp3) is 0.300. The molecule has 3 heterocycles. The number of ether oxygens (including phenoxy) is 1. The zero-order chi connectivity index (χ0) is 21.9. The smallest absolute Gasteiger partial charge is 0.222 e. The number of pyridine rings is 1. The van der Waals surface area contributed by atoms with Crippen LogP contribution in [-0.2, 0) is 10.5 Å². The van der Waals surface area contributed by atoms with E-state index in [0.29, 0.717) is 40.2 Å². The van der Waals surface area contributed by atoms with Gasteiger partial charge >= 0.3 is 0 Å². The standard InChI is InChI=1S/C20H22FN7O2/c1-11-6-17(28-19(25-11)20(3,4)21)27-15-7-16(26-12(2)29)22-9-13(15)14-8-18(30-5)24-10-23-14/h6-10H,1-5H3,(H2,22,25,26,27,28,29). The van der Waals surface area contributed by atoms with Gasteiger partial charge in [-0.2, -0.15) is 0 Å². The molecule has 0 unspecified atom stereocenters. The second kappa shape index (κ2) is 8.36. The van der Waals surface area contributed by atoms with Crippen molar-refractivity contribution >= 4 is 23.2 Å². The van der Waals surface area contributed by atoms with Crippen LogP contribution in [0.1, 0.15) is 32.3 Å². The Morgan fingerprint density at radius 3 is 2.53 bits per heavy atom. The van der Waals surface area contributed by atoms with E-state index < -0.39 is 5.67 Å². The second-order valence-electron chi connectivity index (χ2n) is 7.06. The molecule has 0 spiro atoms. The number of hydrogen-bond donors (Lipinski definition) is 2. The summed E-state index contributed by atoms with van der Waals surface area (Å²) in [6.45, 7) is 5.94. The van der Waals surface area contributed by atoms with Gasteiger partial charge in [0.1, 0.15) is 18.0 Å². The first-order valence-electron chi connectivity index (χ1n) is 9.12. The molecule has 0 fully saturated rings. The van der Waals surface area contributed by atoms with E-state index in [9.17, 15) is 9.18 Å². The molecule has 0 aliphatic rings. The topological polar surface area (TPSA) is 115 Å².